The van der Waals surface area contributed by atoms with Crippen molar-refractivity contribution in [2.24, 2.45) is 0 Å². The van der Waals surface area contributed by atoms with Gasteiger partial charge in [0.1, 0.15) is 5.82 Å². The summed E-state index contributed by atoms with van der Waals surface area (Å²) in [5.74, 6) is -0.257. The molecule has 132 valence electrons. The minimum Gasteiger partial charge on any atom is -0.372 e. The molecule has 1 fully saturated rings. The smallest absolute Gasteiger partial charge is 0.321 e. The second-order valence-electron chi connectivity index (χ2n) is 6.41. The fourth-order valence-electron chi connectivity index (χ4n) is 2.92. The third kappa shape index (κ3) is 4.79. The number of nitrogens with one attached hydrogen (secondary N) is 1. The molecule has 25 heavy (non-hydrogen) atoms. The number of carbonyl (C=O) groups is 1. The van der Waals surface area contributed by atoms with Crippen LogP contribution in [0.5, 0.6) is 0 Å². The lowest BCUT2D eigenvalue weighted by molar-refractivity contribution is -0.0000421. The van der Waals surface area contributed by atoms with E-state index in [1.165, 1.54) is 6.07 Å². The molecule has 0 saturated carbocycles. The molecule has 3 rings (SSSR count). The molecular formula is C20H23FN2O2. The number of amides is 2. The average Bonchev–Trinajstić information content (AvgIpc) is 2.63. The van der Waals surface area contributed by atoms with Gasteiger partial charge in [-0.05, 0) is 38.0 Å². The van der Waals surface area contributed by atoms with Crippen LogP contribution in [-0.2, 0) is 11.3 Å². The van der Waals surface area contributed by atoms with E-state index in [0.29, 0.717) is 18.7 Å². The summed E-state index contributed by atoms with van der Waals surface area (Å²) in [6.07, 6.45) is 1.68. The Morgan fingerprint density at radius 2 is 2.00 bits per heavy atom. The number of urea groups is 1. The zero-order chi connectivity index (χ0) is 17.6. The van der Waals surface area contributed by atoms with E-state index in [4.69, 9.17) is 4.74 Å². The van der Waals surface area contributed by atoms with E-state index in [1.54, 1.807) is 23.1 Å². The maximum atomic E-state index is 13.7. The molecule has 0 aromatic heterocycles. The lowest BCUT2D eigenvalue weighted by Crippen LogP contribution is -2.45. The Morgan fingerprint density at radius 1 is 1.24 bits per heavy atom. The van der Waals surface area contributed by atoms with Crippen LogP contribution in [-0.4, -0.2) is 30.1 Å². The largest absolute Gasteiger partial charge is 0.372 e. The molecule has 2 aromatic rings. The predicted molar refractivity (Wildman–Crippen MR) is 96.0 cm³/mol. The summed E-state index contributed by atoms with van der Waals surface area (Å²) in [5, 5.41) is 2.91. The molecule has 5 heteroatoms. The zero-order valence-electron chi connectivity index (χ0n) is 14.4. The standard InChI is InChI=1S/C20H23FN2O2/c1-15-8-10-17(11-9-15)22-20(24)23-12-4-6-18(13-23)25-14-16-5-2-3-7-19(16)21/h2-3,5,7-11,18H,4,6,12-14H2,1H3,(H,22,24)/t18-/m0/s1. The normalized spacial score (nSPS) is 17.4. The van der Waals surface area contributed by atoms with Gasteiger partial charge in [0.15, 0.2) is 0 Å². The zero-order valence-corrected chi connectivity index (χ0v) is 14.4. The van der Waals surface area contributed by atoms with Crippen LogP contribution < -0.4 is 5.32 Å². The van der Waals surface area contributed by atoms with Gasteiger partial charge in [0, 0.05) is 24.3 Å². The lowest BCUT2D eigenvalue weighted by Gasteiger charge is -2.32. The van der Waals surface area contributed by atoms with Crippen molar-refractivity contribution >= 4 is 11.7 Å². The summed E-state index contributed by atoms with van der Waals surface area (Å²) >= 11 is 0. The molecule has 0 bridgehead atoms. The molecule has 4 nitrogen and oxygen atoms in total. The highest BCUT2D eigenvalue weighted by atomic mass is 19.1. The van der Waals surface area contributed by atoms with E-state index in [2.05, 4.69) is 5.32 Å². The number of hydrogen-bond donors (Lipinski definition) is 1. The van der Waals surface area contributed by atoms with Gasteiger partial charge in [-0.3, -0.25) is 0 Å². The van der Waals surface area contributed by atoms with Crippen molar-refractivity contribution in [2.75, 3.05) is 18.4 Å². The van der Waals surface area contributed by atoms with Crippen LogP contribution in [0.1, 0.15) is 24.0 Å². The molecule has 0 spiro atoms. The van der Waals surface area contributed by atoms with Crippen LogP contribution in [0.3, 0.4) is 0 Å². The molecule has 1 aliphatic heterocycles. The maximum Gasteiger partial charge on any atom is 0.321 e. The third-order valence-electron chi connectivity index (χ3n) is 4.40. The van der Waals surface area contributed by atoms with E-state index in [1.807, 2.05) is 31.2 Å². The van der Waals surface area contributed by atoms with Crippen LogP contribution in [0.15, 0.2) is 48.5 Å². The quantitative estimate of drug-likeness (QED) is 0.898. The Kier molecular flexibility index (Phi) is 5.66. The van der Waals surface area contributed by atoms with Crippen LogP contribution >= 0.6 is 0 Å². The van der Waals surface area contributed by atoms with Gasteiger partial charge in [-0.1, -0.05) is 35.9 Å². The summed E-state index contributed by atoms with van der Waals surface area (Å²) in [6.45, 7) is 3.46. The van der Waals surface area contributed by atoms with Crippen molar-refractivity contribution in [1.29, 1.82) is 0 Å². The topological polar surface area (TPSA) is 41.6 Å². The second kappa shape index (κ2) is 8.12. The minimum atomic E-state index is -0.257. The summed E-state index contributed by atoms with van der Waals surface area (Å²) in [7, 11) is 0. The Bertz CT molecular complexity index is 718. The molecule has 2 amide bonds. The molecule has 1 heterocycles. The fourth-order valence-corrected chi connectivity index (χ4v) is 2.92. The van der Waals surface area contributed by atoms with E-state index in [-0.39, 0.29) is 24.6 Å². The van der Waals surface area contributed by atoms with Gasteiger partial charge < -0.3 is 15.0 Å². The first kappa shape index (κ1) is 17.4. The summed E-state index contributed by atoms with van der Waals surface area (Å²) in [6, 6.07) is 14.2. The van der Waals surface area contributed by atoms with E-state index >= 15 is 0 Å². The highest BCUT2D eigenvalue weighted by molar-refractivity contribution is 5.89. The molecule has 1 atom stereocenters. The monoisotopic (exact) mass is 342 g/mol. The highest BCUT2D eigenvalue weighted by Gasteiger charge is 2.24. The first-order chi connectivity index (χ1) is 12.1. The Labute approximate surface area is 147 Å². The number of halogens is 1. The third-order valence-corrected chi connectivity index (χ3v) is 4.40. The summed E-state index contributed by atoms with van der Waals surface area (Å²) < 4.78 is 19.5. The van der Waals surface area contributed by atoms with Crippen LogP contribution in [0, 0.1) is 12.7 Å². The van der Waals surface area contributed by atoms with Gasteiger partial charge in [0.05, 0.1) is 12.7 Å². The Balaban J connectivity index is 1.52. The first-order valence-electron chi connectivity index (χ1n) is 8.59. The minimum absolute atomic E-state index is 0.0721. The second-order valence-corrected chi connectivity index (χ2v) is 6.41. The van der Waals surface area contributed by atoms with Gasteiger partial charge in [0.2, 0.25) is 0 Å². The summed E-state index contributed by atoms with van der Waals surface area (Å²) in [4.78, 5) is 14.2. The van der Waals surface area contributed by atoms with Crippen molar-refractivity contribution in [3.05, 3.63) is 65.5 Å². The Morgan fingerprint density at radius 3 is 2.76 bits per heavy atom. The van der Waals surface area contributed by atoms with Crippen LogP contribution in [0.2, 0.25) is 0 Å². The first-order valence-corrected chi connectivity index (χ1v) is 8.59. The van der Waals surface area contributed by atoms with Gasteiger partial charge in [-0.25, -0.2) is 9.18 Å². The molecule has 2 aromatic carbocycles. The number of carbonyl (C=O) groups excluding carboxylic acids is 1. The van der Waals surface area contributed by atoms with Gasteiger partial charge in [0.25, 0.3) is 0 Å². The van der Waals surface area contributed by atoms with Gasteiger partial charge >= 0.3 is 6.03 Å². The fraction of sp³-hybridized carbons (Fsp3) is 0.350. The number of aryl methyl sites for hydroxylation is 1. The van der Waals surface area contributed by atoms with Crippen molar-refractivity contribution < 1.29 is 13.9 Å². The summed E-state index contributed by atoms with van der Waals surface area (Å²) in [5.41, 5.74) is 2.48. The number of likely N-dealkylation sites (tertiary alicyclic amines) is 1. The van der Waals surface area contributed by atoms with Crippen molar-refractivity contribution in [3.8, 4) is 0 Å². The number of hydrogen-bond acceptors (Lipinski definition) is 2. The van der Waals surface area contributed by atoms with Crippen molar-refractivity contribution in [1.82, 2.24) is 4.90 Å². The molecule has 0 aliphatic carbocycles. The molecule has 1 N–H and O–H groups in total. The predicted octanol–water partition coefficient (Wildman–Crippen LogP) is 4.35. The maximum absolute atomic E-state index is 13.7. The van der Waals surface area contributed by atoms with E-state index < -0.39 is 0 Å². The van der Waals surface area contributed by atoms with Crippen molar-refractivity contribution in [2.45, 2.75) is 32.5 Å². The number of benzene rings is 2. The number of anilines is 1. The van der Waals surface area contributed by atoms with E-state index in [9.17, 15) is 9.18 Å². The Hall–Kier alpha value is -2.40. The van der Waals surface area contributed by atoms with Crippen LogP contribution in [0.4, 0.5) is 14.9 Å². The lowest BCUT2D eigenvalue weighted by atomic mass is 10.1. The number of nitrogens with zero attached hydrogens (tertiary/aromatic N) is 1. The van der Waals surface area contributed by atoms with Crippen LogP contribution in [0.25, 0.3) is 0 Å². The molecule has 0 unspecified atom stereocenters. The van der Waals surface area contributed by atoms with E-state index in [0.717, 1.165) is 24.1 Å². The highest BCUT2D eigenvalue weighted by Crippen LogP contribution is 2.18. The molecule has 1 aliphatic rings. The number of rotatable bonds is 4. The number of ether oxygens (including phenoxy) is 1. The molecular weight excluding hydrogens is 319 g/mol. The number of piperidine rings is 1. The SMILES string of the molecule is Cc1ccc(NC(=O)N2CCC[C@H](OCc3ccccc3F)C2)cc1. The van der Waals surface area contributed by atoms with Gasteiger partial charge in [-0.15, -0.1) is 0 Å². The van der Waals surface area contributed by atoms with Gasteiger partial charge in [-0.2, -0.15) is 0 Å². The molecule has 1 saturated heterocycles. The molecule has 0 radical (unpaired) electrons. The average molecular weight is 342 g/mol. The van der Waals surface area contributed by atoms with Crippen molar-refractivity contribution in [3.63, 3.8) is 0 Å².